The Balaban J connectivity index is 1.58. The van der Waals surface area contributed by atoms with Gasteiger partial charge in [0.25, 0.3) is 0 Å². The van der Waals surface area contributed by atoms with Crippen molar-refractivity contribution >= 4 is 5.91 Å². The van der Waals surface area contributed by atoms with E-state index in [-0.39, 0.29) is 17.8 Å². The molecule has 3 rings (SSSR count). The van der Waals surface area contributed by atoms with Crippen LogP contribution in [-0.2, 0) is 11.3 Å². The summed E-state index contributed by atoms with van der Waals surface area (Å²) in [7, 11) is 0. The minimum absolute atomic E-state index is 0.0535. The summed E-state index contributed by atoms with van der Waals surface area (Å²) in [4.78, 5) is 14.6. The van der Waals surface area contributed by atoms with Crippen LogP contribution in [0, 0.1) is 5.82 Å². The second-order valence-electron chi connectivity index (χ2n) is 6.64. The molecule has 0 saturated carbocycles. The Kier molecular flexibility index (Phi) is 6.23. The van der Waals surface area contributed by atoms with Crippen LogP contribution in [0.15, 0.2) is 48.8 Å². The van der Waals surface area contributed by atoms with Crippen molar-refractivity contribution in [2.75, 3.05) is 19.6 Å². The zero-order chi connectivity index (χ0) is 17.5. The third kappa shape index (κ3) is 5.16. The van der Waals surface area contributed by atoms with Gasteiger partial charge in [-0.3, -0.25) is 9.69 Å². The van der Waals surface area contributed by atoms with E-state index in [1.54, 1.807) is 0 Å². The summed E-state index contributed by atoms with van der Waals surface area (Å²) in [5, 5.41) is 3.07. The lowest BCUT2D eigenvalue weighted by atomic mass is 10.0. The van der Waals surface area contributed by atoms with Gasteiger partial charge in [-0.25, -0.2) is 4.39 Å². The molecule has 1 N–H and O–H groups in total. The fourth-order valence-electron chi connectivity index (χ4n) is 3.42. The van der Waals surface area contributed by atoms with Crippen LogP contribution in [0.3, 0.4) is 0 Å². The van der Waals surface area contributed by atoms with Crippen molar-refractivity contribution in [3.05, 3.63) is 60.2 Å². The van der Waals surface area contributed by atoms with E-state index in [1.165, 1.54) is 31.4 Å². The molecule has 2 aromatic rings. The first-order valence-corrected chi connectivity index (χ1v) is 9.09. The summed E-state index contributed by atoms with van der Waals surface area (Å²) < 4.78 is 15.3. The molecular weight excluding hydrogens is 317 g/mol. The third-order valence-corrected chi connectivity index (χ3v) is 4.84. The Labute approximate surface area is 148 Å². The van der Waals surface area contributed by atoms with E-state index >= 15 is 0 Å². The normalized spacial score (nSPS) is 16.5. The Morgan fingerprint density at radius 1 is 1.08 bits per heavy atom. The number of carbonyl (C=O) groups excluding carboxylic acids is 1. The highest BCUT2D eigenvalue weighted by Gasteiger charge is 2.22. The van der Waals surface area contributed by atoms with Gasteiger partial charge in [-0.2, -0.15) is 0 Å². The Morgan fingerprint density at radius 2 is 1.76 bits per heavy atom. The molecule has 134 valence electrons. The summed E-state index contributed by atoms with van der Waals surface area (Å²) in [6, 6.07) is 10.7. The number of amides is 1. The van der Waals surface area contributed by atoms with Gasteiger partial charge in [-0.05, 0) is 55.8 Å². The highest BCUT2D eigenvalue weighted by atomic mass is 19.1. The number of hydrogen-bond donors (Lipinski definition) is 1. The van der Waals surface area contributed by atoms with E-state index in [4.69, 9.17) is 0 Å². The molecule has 1 aliphatic heterocycles. The first-order valence-electron chi connectivity index (χ1n) is 9.09. The molecule has 1 atom stereocenters. The number of hydrogen-bond acceptors (Lipinski definition) is 2. The monoisotopic (exact) mass is 343 g/mol. The number of carbonyl (C=O) groups is 1. The van der Waals surface area contributed by atoms with E-state index < -0.39 is 0 Å². The minimum Gasteiger partial charge on any atom is -0.354 e. The molecule has 0 bridgehead atoms. The summed E-state index contributed by atoms with van der Waals surface area (Å²) in [6.45, 7) is 3.31. The van der Waals surface area contributed by atoms with Crippen LogP contribution in [0.1, 0.15) is 37.3 Å². The number of aryl methyl sites for hydroxylation is 1. The van der Waals surface area contributed by atoms with Gasteiger partial charge in [0.2, 0.25) is 5.91 Å². The number of halogens is 1. The molecule has 0 radical (unpaired) electrons. The first-order chi connectivity index (χ1) is 12.2. The van der Waals surface area contributed by atoms with Crippen molar-refractivity contribution in [3.8, 4) is 0 Å². The molecule has 1 amide bonds. The SMILES string of the molecule is O=C(CCn1cccc1)NCC(c1ccc(F)cc1)N1CCCCC1. The lowest BCUT2D eigenvalue weighted by molar-refractivity contribution is -0.121. The van der Waals surface area contributed by atoms with E-state index in [0.29, 0.717) is 19.5 Å². The molecular formula is C20H26FN3O. The van der Waals surface area contributed by atoms with Crippen LogP contribution in [-0.4, -0.2) is 35.0 Å². The fraction of sp³-hybridized carbons (Fsp3) is 0.450. The van der Waals surface area contributed by atoms with Gasteiger partial charge in [0.15, 0.2) is 0 Å². The predicted octanol–water partition coefficient (Wildman–Crippen LogP) is 3.36. The number of rotatable bonds is 7. The van der Waals surface area contributed by atoms with Crippen LogP contribution in [0.5, 0.6) is 0 Å². The van der Waals surface area contributed by atoms with Crippen molar-refractivity contribution in [1.29, 1.82) is 0 Å². The summed E-state index contributed by atoms with van der Waals surface area (Å²) in [5.74, 6) is -0.172. The van der Waals surface area contributed by atoms with Crippen LogP contribution in [0.4, 0.5) is 4.39 Å². The Morgan fingerprint density at radius 3 is 2.44 bits per heavy atom. The topological polar surface area (TPSA) is 37.3 Å². The quantitative estimate of drug-likeness (QED) is 0.837. The fourth-order valence-corrected chi connectivity index (χ4v) is 3.42. The largest absolute Gasteiger partial charge is 0.354 e. The highest BCUT2D eigenvalue weighted by molar-refractivity contribution is 5.75. The van der Waals surface area contributed by atoms with Gasteiger partial charge >= 0.3 is 0 Å². The molecule has 0 aliphatic carbocycles. The van der Waals surface area contributed by atoms with E-state index in [0.717, 1.165) is 18.7 Å². The van der Waals surface area contributed by atoms with Crippen molar-refractivity contribution in [1.82, 2.24) is 14.8 Å². The van der Waals surface area contributed by atoms with Gasteiger partial charge in [-0.1, -0.05) is 18.6 Å². The average Bonchev–Trinajstić information content (AvgIpc) is 3.16. The molecule has 1 unspecified atom stereocenters. The lowest BCUT2D eigenvalue weighted by Gasteiger charge is -2.35. The Bertz CT molecular complexity index is 648. The maximum Gasteiger partial charge on any atom is 0.221 e. The second-order valence-corrected chi connectivity index (χ2v) is 6.64. The van der Waals surface area contributed by atoms with Crippen LogP contribution in [0.25, 0.3) is 0 Å². The van der Waals surface area contributed by atoms with Gasteiger partial charge in [0.05, 0.1) is 6.04 Å². The first kappa shape index (κ1) is 17.7. The zero-order valence-corrected chi connectivity index (χ0v) is 14.5. The summed E-state index contributed by atoms with van der Waals surface area (Å²) >= 11 is 0. The van der Waals surface area contributed by atoms with Crippen molar-refractivity contribution in [3.63, 3.8) is 0 Å². The lowest BCUT2D eigenvalue weighted by Crippen LogP contribution is -2.40. The smallest absolute Gasteiger partial charge is 0.221 e. The summed E-state index contributed by atoms with van der Waals surface area (Å²) in [6.07, 6.45) is 8.00. The van der Waals surface area contributed by atoms with Gasteiger partial charge in [0, 0.05) is 31.9 Å². The number of likely N-dealkylation sites (tertiary alicyclic amines) is 1. The summed E-state index contributed by atoms with van der Waals surface area (Å²) in [5.41, 5.74) is 1.06. The van der Waals surface area contributed by atoms with Crippen molar-refractivity contribution in [2.24, 2.45) is 0 Å². The van der Waals surface area contributed by atoms with Gasteiger partial charge < -0.3 is 9.88 Å². The predicted molar refractivity (Wildman–Crippen MR) is 96.6 cm³/mol. The number of aromatic nitrogens is 1. The molecule has 1 aromatic heterocycles. The van der Waals surface area contributed by atoms with E-state index in [1.807, 2.05) is 41.2 Å². The molecule has 25 heavy (non-hydrogen) atoms. The molecule has 1 aromatic carbocycles. The molecule has 1 aliphatic rings. The number of piperidine rings is 1. The maximum absolute atomic E-state index is 13.3. The molecule has 1 saturated heterocycles. The molecule has 0 spiro atoms. The van der Waals surface area contributed by atoms with Crippen LogP contribution < -0.4 is 5.32 Å². The van der Waals surface area contributed by atoms with Crippen molar-refractivity contribution < 1.29 is 9.18 Å². The van der Waals surface area contributed by atoms with Crippen molar-refractivity contribution in [2.45, 2.75) is 38.3 Å². The highest BCUT2D eigenvalue weighted by Crippen LogP contribution is 2.24. The molecule has 4 nitrogen and oxygen atoms in total. The van der Waals surface area contributed by atoms with E-state index in [2.05, 4.69) is 10.2 Å². The van der Waals surface area contributed by atoms with Gasteiger partial charge in [0.1, 0.15) is 5.82 Å². The third-order valence-electron chi connectivity index (χ3n) is 4.84. The van der Waals surface area contributed by atoms with Crippen LogP contribution in [0.2, 0.25) is 0 Å². The van der Waals surface area contributed by atoms with E-state index in [9.17, 15) is 9.18 Å². The average molecular weight is 343 g/mol. The molecule has 5 heteroatoms. The molecule has 2 heterocycles. The maximum atomic E-state index is 13.3. The second kappa shape index (κ2) is 8.81. The van der Waals surface area contributed by atoms with Gasteiger partial charge in [-0.15, -0.1) is 0 Å². The van der Waals surface area contributed by atoms with Crippen LogP contribution >= 0.6 is 0 Å². The number of nitrogens with zero attached hydrogens (tertiary/aromatic N) is 2. The molecule has 1 fully saturated rings. The number of benzene rings is 1. The number of nitrogens with one attached hydrogen (secondary N) is 1. The minimum atomic E-state index is -0.225. The standard InChI is InChI=1S/C20H26FN3O/c21-18-8-6-17(7-9-18)19(24-13-2-1-3-14-24)16-22-20(25)10-15-23-11-4-5-12-23/h4-9,11-12,19H,1-3,10,13-16H2,(H,22,25). The Hall–Kier alpha value is -2.14. The zero-order valence-electron chi connectivity index (χ0n) is 14.5.